The van der Waals surface area contributed by atoms with Crippen LogP contribution in [-0.2, 0) is 6.42 Å². The van der Waals surface area contributed by atoms with E-state index in [-0.39, 0.29) is 6.10 Å². The first-order valence-electron chi connectivity index (χ1n) is 13.5. The minimum absolute atomic E-state index is 0.321. The molecule has 1 aromatic heterocycles. The van der Waals surface area contributed by atoms with Gasteiger partial charge in [0.05, 0.1) is 6.10 Å². The molecule has 0 aliphatic carbocycles. The van der Waals surface area contributed by atoms with Crippen molar-refractivity contribution in [1.82, 2.24) is 9.88 Å². The van der Waals surface area contributed by atoms with Gasteiger partial charge in [0.2, 0.25) is 0 Å². The molecule has 7 rings (SSSR count). The molecule has 4 heterocycles. The number of hydrogen-bond acceptors (Lipinski definition) is 3. The van der Waals surface area contributed by atoms with Crippen molar-refractivity contribution in [3.63, 3.8) is 0 Å². The summed E-state index contributed by atoms with van der Waals surface area (Å²) in [5.74, 6) is 0. The van der Waals surface area contributed by atoms with E-state index < -0.39 is 0 Å². The number of fused-ring (bicyclic) bond motifs is 6. The first-order chi connectivity index (χ1) is 17.5. The van der Waals surface area contributed by atoms with E-state index in [4.69, 9.17) is 0 Å². The van der Waals surface area contributed by atoms with Gasteiger partial charge in [0.1, 0.15) is 0 Å². The van der Waals surface area contributed by atoms with Crippen LogP contribution >= 0.6 is 0 Å². The van der Waals surface area contributed by atoms with E-state index in [9.17, 15) is 5.11 Å². The number of aryl methyl sites for hydroxylation is 3. The van der Waals surface area contributed by atoms with Crippen molar-refractivity contribution < 1.29 is 5.11 Å². The molecule has 3 aliphatic rings. The van der Waals surface area contributed by atoms with Crippen LogP contribution in [-0.4, -0.2) is 52.8 Å². The van der Waals surface area contributed by atoms with Crippen molar-refractivity contribution >= 4 is 27.4 Å². The minimum Gasteiger partial charge on any atom is -0.392 e. The molecular formula is C32H37N3O. The second-order valence-electron chi connectivity index (χ2n) is 10.9. The zero-order valence-electron chi connectivity index (χ0n) is 21.5. The number of H-pyrrole nitrogens is 1. The number of aliphatic hydroxyl groups excluding tert-OH is 1. The van der Waals surface area contributed by atoms with Crippen molar-refractivity contribution in [2.24, 2.45) is 0 Å². The average Bonchev–Trinajstić information content (AvgIpc) is 3.24. The highest BCUT2D eigenvalue weighted by Crippen LogP contribution is 2.31. The summed E-state index contributed by atoms with van der Waals surface area (Å²) in [5.41, 5.74) is 6.40. The van der Waals surface area contributed by atoms with Crippen molar-refractivity contribution in [1.29, 1.82) is 0 Å². The number of anilines is 1. The van der Waals surface area contributed by atoms with E-state index in [1.807, 2.05) is 0 Å². The highest BCUT2D eigenvalue weighted by molar-refractivity contribution is 5.86. The number of nitrogens with one attached hydrogen (secondary N) is 1. The monoisotopic (exact) mass is 479 g/mol. The molecule has 36 heavy (non-hydrogen) atoms. The van der Waals surface area contributed by atoms with Gasteiger partial charge in [-0.05, 0) is 85.7 Å². The molecule has 2 N–H and O–H groups in total. The Labute approximate surface area is 214 Å². The highest BCUT2D eigenvalue weighted by atomic mass is 16.3. The summed E-state index contributed by atoms with van der Waals surface area (Å²) < 4.78 is 0. The number of rotatable bonds is 6. The van der Waals surface area contributed by atoms with Crippen LogP contribution in [0.1, 0.15) is 36.1 Å². The van der Waals surface area contributed by atoms with Gasteiger partial charge in [0.25, 0.3) is 0 Å². The van der Waals surface area contributed by atoms with E-state index in [0.29, 0.717) is 12.1 Å². The maximum atomic E-state index is 11.1. The van der Waals surface area contributed by atoms with Gasteiger partial charge in [-0.15, -0.1) is 0 Å². The van der Waals surface area contributed by atoms with Crippen molar-refractivity contribution in [2.45, 2.75) is 57.7 Å². The molecule has 0 spiro atoms. The Morgan fingerprint density at radius 3 is 2.58 bits per heavy atom. The topological polar surface area (TPSA) is 42.5 Å². The summed E-state index contributed by atoms with van der Waals surface area (Å²) in [6.45, 7) is 7.07. The molecule has 0 radical (unpaired) electrons. The molecule has 3 aromatic carbocycles. The van der Waals surface area contributed by atoms with Crippen LogP contribution in [0.5, 0.6) is 0 Å². The van der Waals surface area contributed by atoms with Gasteiger partial charge < -0.3 is 15.0 Å². The third-order valence-electron chi connectivity index (χ3n) is 8.31. The summed E-state index contributed by atoms with van der Waals surface area (Å²) in [7, 11) is 0. The van der Waals surface area contributed by atoms with Crippen LogP contribution in [0.2, 0.25) is 0 Å². The van der Waals surface area contributed by atoms with Crippen molar-refractivity contribution in [3.05, 3.63) is 89.6 Å². The molecule has 4 heteroatoms. The number of piperazine rings is 1. The van der Waals surface area contributed by atoms with E-state index in [0.717, 1.165) is 45.3 Å². The Kier molecular flexibility index (Phi) is 6.32. The van der Waals surface area contributed by atoms with Gasteiger partial charge in [-0.2, -0.15) is 0 Å². The Bertz CT molecular complexity index is 1400. The predicted molar refractivity (Wildman–Crippen MR) is 151 cm³/mol. The summed E-state index contributed by atoms with van der Waals surface area (Å²) in [4.78, 5) is 8.63. The van der Waals surface area contributed by atoms with Crippen LogP contribution < -0.4 is 4.90 Å². The zero-order valence-corrected chi connectivity index (χ0v) is 21.5. The van der Waals surface area contributed by atoms with Gasteiger partial charge in [0, 0.05) is 54.0 Å². The number of benzene rings is 3. The van der Waals surface area contributed by atoms with E-state index in [1.165, 1.54) is 44.2 Å². The maximum Gasteiger partial charge on any atom is 0.0670 e. The van der Waals surface area contributed by atoms with Gasteiger partial charge in [-0.1, -0.05) is 48.6 Å². The Morgan fingerprint density at radius 1 is 0.917 bits per heavy atom. The lowest BCUT2D eigenvalue weighted by atomic mass is 9.94. The Balaban J connectivity index is 1.15. The third kappa shape index (κ3) is 4.56. The molecule has 4 nitrogen and oxygen atoms in total. The van der Waals surface area contributed by atoms with Gasteiger partial charge in [-0.3, -0.25) is 4.90 Å². The number of hydrogen-bond donors (Lipinski definition) is 2. The lowest BCUT2D eigenvalue weighted by Crippen LogP contribution is -2.60. The summed E-state index contributed by atoms with van der Waals surface area (Å²) in [5, 5.41) is 15.0. The van der Waals surface area contributed by atoms with Gasteiger partial charge in [0.15, 0.2) is 0 Å². The number of aliphatic hydroxyl groups is 1. The summed E-state index contributed by atoms with van der Waals surface area (Å²) >= 11 is 0. The smallest absolute Gasteiger partial charge is 0.0670 e. The SMILES string of the molecule is Cc1cc2c(CCC(O)CN3CC4C/C=C\CC3CN4c3ccc4ccccc4c3)c(C)ccc2[nH]1. The lowest BCUT2D eigenvalue weighted by molar-refractivity contribution is 0.0641. The fraction of sp³-hybridized carbons (Fsp3) is 0.375. The molecule has 186 valence electrons. The molecule has 0 saturated carbocycles. The van der Waals surface area contributed by atoms with E-state index in [1.54, 1.807) is 0 Å². The predicted octanol–water partition coefficient (Wildman–Crippen LogP) is 6.14. The second kappa shape index (κ2) is 9.76. The largest absolute Gasteiger partial charge is 0.392 e. The Hall–Kier alpha value is -3.08. The first-order valence-corrected chi connectivity index (χ1v) is 13.5. The third-order valence-corrected chi connectivity index (χ3v) is 8.31. The molecule has 0 amide bonds. The van der Waals surface area contributed by atoms with Crippen LogP contribution in [0.4, 0.5) is 5.69 Å². The van der Waals surface area contributed by atoms with Crippen LogP contribution in [0, 0.1) is 13.8 Å². The molecule has 4 aromatic rings. The number of aromatic nitrogens is 1. The van der Waals surface area contributed by atoms with Gasteiger partial charge in [-0.25, -0.2) is 0 Å². The summed E-state index contributed by atoms with van der Waals surface area (Å²) in [6.07, 6.45) is 8.20. The van der Waals surface area contributed by atoms with E-state index in [2.05, 4.69) is 101 Å². The molecule has 2 bridgehead atoms. The van der Waals surface area contributed by atoms with Crippen LogP contribution in [0.3, 0.4) is 0 Å². The average molecular weight is 480 g/mol. The molecule has 1 fully saturated rings. The minimum atomic E-state index is -0.321. The maximum absolute atomic E-state index is 11.1. The number of aromatic amines is 1. The standard InChI is InChI=1S/C32H37N3O/c1-22-11-16-32-31(17-23(2)33-32)30(22)15-14-29(36)21-34-19-28-10-6-5-9-27(34)20-35(28)26-13-12-24-7-3-4-8-25(24)18-26/h3-8,11-13,16-18,27-29,33,36H,9-10,14-15,19-21H2,1-2H3/b6-5-. The molecule has 3 unspecified atom stereocenters. The van der Waals surface area contributed by atoms with Crippen molar-refractivity contribution in [2.75, 3.05) is 24.5 Å². The molecular weight excluding hydrogens is 442 g/mol. The zero-order chi connectivity index (χ0) is 24.6. The fourth-order valence-corrected chi connectivity index (χ4v) is 6.35. The van der Waals surface area contributed by atoms with Crippen LogP contribution in [0.15, 0.2) is 72.8 Å². The highest BCUT2D eigenvalue weighted by Gasteiger charge is 2.35. The van der Waals surface area contributed by atoms with E-state index >= 15 is 0 Å². The fourth-order valence-electron chi connectivity index (χ4n) is 6.35. The quantitative estimate of drug-likeness (QED) is 0.326. The van der Waals surface area contributed by atoms with Crippen molar-refractivity contribution in [3.8, 4) is 0 Å². The lowest BCUT2D eigenvalue weighted by Gasteiger charge is -2.49. The second-order valence-corrected chi connectivity index (χ2v) is 10.9. The Morgan fingerprint density at radius 2 is 1.72 bits per heavy atom. The normalized spacial score (nSPS) is 22.1. The molecule has 3 atom stereocenters. The molecule has 3 aliphatic heterocycles. The first kappa shape index (κ1) is 23.3. The number of nitrogens with zero attached hydrogens (tertiary/aromatic N) is 2. The summed E-state index contributed by atoms with van der Waals surface area (Å²) in [6, 6.07) is 23.0. The van der Waals surface area contributed by atoms with Gasteiger partial charge >= 0.3 is 0 Å². The van der Waals surface area contributed by atoms with Crippen LogP contribution in [0.25, 0.3) is 21.7 Å². The molecule has 1 saturated heterocycles.